The largest absolute Gasteiger partial charge is 0.329 e. The minimum atomic E-state index is -0.231. The van der Waals surface area contributed by atoms with Gasteiger partial charge in [-0.15, -0.1) is 0 Å². The third kappa shape index (κ3) is 0.925. The standard InChI is InChI=1S/C7H3N5OS/c13-7-11-5-4(14-7)1-9-6-10-2-8-3-12(5)6/h1-3H. The van der Waals surface area contributed by atoms with E-state index in [-0.39, 0.29) is 4.87 Å². The molecule has 0 saturated heterocycles. The first kappa shape index (κ1) is 7.51. The molecule has 14 heavy (non-hydrogen) atoms. The molecule has 0 unspecified atom stereocenters. The summed E-state index contributed by atoms with van der Waals surface area (Å²) in [6.45, 7) is 0. The summed E-state index contributed by atoms with van der Waals surface area (Å²) >= 11 is 1.06. The zero-order valence-electron chi connectivity index (χ0n) is 6.78. The van der Waals surface area contributed by atoms with E-state index in [2.05, 4.69) is 19.9 Å². The van der Waals surface area contributed by atoms with Crippen LogP contribution in [0.25, 0.3) is 16.5 Å². The van der Waals surface area contributed by atoms with Crippen molar-refractivity contribution in [3.8, 4) is 10.7 Å². The van der Waals surface area contributed by atoms with Gasteiger partial charge in [-0.05, 0) is 0 Å². The lowest BCUT2D eigenvalue weighted by Crippen LogP contribution is -2.01. The fraction of sp³-hybridized carbons (Fsp3) is 0. The first-order valence-electron chi connectivity index (χ1n) is 3.78. The second kappa shape index (κ2) is 2.55. The molecule has 0 aliphatic carbocycles. The van der Waals surface area contributed by atoms with Crippen LogP contribution in [0, 0.1) is 0 Å². The molecule has 0 spiro atoms. The number of thiazole rings is 1. The van der Waals surface area contributed by atoms with Crippen molar-refractivity contribution in [1.29, 1.82) is 0 Å². The molecule has 6 nitrogen and oxygen atoms in total. The van der Waals surface area contributed by atoms with Crippen LogP contribution in [0.1, 0.15) is 0 Å². The highest BCUT2D eigenvalue weighted by atomic mass is 32.1. The average molecular weight is 205 g/mol. The summed E-state index contributed by atoms with van der Waals surface area (Å²) < 4.78 is 1.59. The molecule has 3 rings (SSSR count). The van der Waals surface area contributed by atoms with E-state index in [1.165, 1.54) is 12.7 Å². The molecule has 2 aliphatic rings. The smallest absolute Gasteiger partial charge is 0.255 e. The maximum absolute atomic E-state index is 11.1. The summed E-state index contributed by atoms with van der Waals surface area (Å²) in [5.41, 5.74) is 0. The van der Waals surface area contributed by atoms with Crippen molar-refractivity contribution < 1.29 is 0 Å². The van der Waals surface area contributed by atoms with Crippen molar-refractivity contribution in [3.05, 3.63) is 28.5 Å². The van der Waals surface area contributed by atoms with E-state index in [1.54, 1.807) is 10.6 Å². The topological polar surface area (TPSA) is 73.0 Å². The molecule has 0 N–H and O–H groups in total. The summed E-state index contributed by atoms with van der Waals surface area (Å²) in [5.74, 6) is 1.04. The quantitative estimate of drug-likeness (QED) is 0.518. The molecule has 0 radical (unpaired) electrons. The normalized spacial score (nSPS) is 11.1. The van der Waals surface area contributed by atoms with Crippen LogP contribution in [0.5, 0.6) is 0 Å². The first-order chi connectivity index (χ1) is 6.84. The Labute approximate surface area is 81.3 Å². The van der Waals surface area contributed by atoms with E-state index in [0.717, 1.165) is 16.2 Å². The molecule has 3 heterocycles. The summed E-state index contributed by atoms with van der Waals surface area (Å²) in [6, 6.07) is 0. The lowest BCUT2D eigenvalue weighted by molar-refractivity contribution is 0.953. The Kier molecular flexibility index (Phi) is 1.37. The number of rotatable bonds is 0. The van der Waals surface area contributed by atoms with Gasteiger partial charge in [0, 0.05) is 0 Å². The van der Waals surface area contributed by atoms with Gasteiger partial charge in [-0.25, -0.2) is 15.0 Å². The van der Waals surface area contributed by atoms with E-state index in [0.29, 0.717) is 11.6 Å². The maximum Gasteiger partial charge on any atom is 0.329 e. The van der Waals surface area contributed by atoms with E-state index < -0.39 is 0 Å². The van der Waals surface area contributed by atoms with E-state index in [4.69, 9.17) is 0 Å². The number of nitrogens with zero attached hydrogens (tertiary/aromatic N) is 5. The molecule has 0 saturated carbocycles. The van der Waals surface area contributed by atoms with Crippen LogP contribution in [0.4, 0.5) is 0 Å². The highest BCUT2D eigenvalue weighted by molar-refractivity contribution is 7.12. The molecule has 0 bridgehead atoms. The molecule has 0 fully saturated rings. The molecule has 68 valence electrons. The van der Waals surface area contributed by atoms with Crippen molar-refractivity contribution in [2.75, 3.05) is 0 Å². The molecular formula is C7H3N5OS. The molecule has 7 heteroatoms. The Balaban J connectivity index is 2.59. The van der Waals surface area contributed by atoms with Gasteiger partial charge in [0.1, 0.15) is 12.7 Å². The van der Waals surface area contributed by atoms with Crippen molar-refractivity contribution >= 4 is 17.1 Å². The van der Waals surface area contributed by atoms with Crippen molar-refractivity contribution in [3.63, 3.8) is 0 Å². The minimum absolute atomic E-state index is 0.231. The zero-order valence-corrected chi connectivity index (χ0v) is 7.60. The van der Waals surface area contributed by atoms with Gasteiger partial charge in [-0.1, -0.05) is 11.3 Å². The van der Waals surface area contributed by atoms with E-state index in [1.807, 2.05) is 0 Å². The second-order valence-corrected chi connectivity index (χ2v) is 3.60. The summed E-state index contributed by atoms with van der Waals surface area (Å²) in [5, 5.41) is 0. The Morgan fingerprint density at radius 1 is 1.36 bits per heavy atom. The summed E-state index contributed by atoms with van der Waals surface area (Å²) in [4.78, 5) is 27.3. The van der Waals surface area contributed by atoms with Crippen LogP contribution in [0.2, 0.25) is 0 Å². The highest BCUT2D eigenvalue weighted by Crippen LogP contribution is 2.19. The summed E-state index contributed by atoms with van der Waals surface area (Å²) in [7, 11) is 0. The molecule has 2 aliphatic heterocycles. The molecule has 0 atom stereocenters. The van der Waals surface area contributed by atoms with Gasteiger partial charge in [0.05, 0.1) is 11.1 Å². The number of hydrogen-bond acceptors (Lipinski definition) is 6. The molecular weight excluding hydrogens is 202 g/mol. The van der Waals surface area contributed by atoms with Gasteiger partial charge < -0.3 is 0 Å². The maximum atomic E-state index is 11.1. The van der Waals surface area contributed by atoms with Crippen LogP contribution in [-0.2, 0) is 0 Å². The van der Waals surface area contributed by atoms with Gasteiger partial charge in [-0.3, -0.25) is 9.20 Å². The van der Waals surface area contributed by atoms with Gasteiger partial charge >= 0.3 is 4.87 Å². The fourth-order valence-corrected chi connectivity index (χ4v) is 1.88. The average Bonchev–Trinajstić information content (AvgIpc) is 2.59. The molecule has 1 aromatic rings. The lowest BCUT2D eigenvalue weighted by Gasteiger charge is -2.01. The fourth-order valence-electron chi connectivity index (χ4n) is 1.22. The van der Waals surface area contributed by atoms with Gasteiger partial charge in [0.25, 0.3) is 0 Å². The lowest BCUT2D eigenvalue weighted by atomic mass is 10.5. The Morgan fingerprint density at radius 3 is 3.21 bits per heavy atom. The molecule has 0 amide bonds. The van der Waals surface area contributed by atoms with Crippen LogP contribution in [0.15, 0.2) is 23.6 Å². The Morgan fingerprint density at radius 2 is 2.29 bits per heavy atom. The SMILES string of the molecule is O=c1nc2n3cncnc3ncc-2s1. The monoisotopic (exact) mass is 205 g/mol. The summed E-state index contributed by atoms with van der Waals surface area (Å²) in [6.07, 6.45) is 4.53. The highest BCUT2D eigenvalue weighted by Gasteiger charge is 2.12. The number of fused-ring (bicyclic) bond motifs is 3. The zero-order chi connectivity index (χ0) is 9.54. The van der Waals surface area contributed by atoms with Gasteiger partial charge in [0.2, 0.25) is 5.78 Å². The van der Waals surface area contributed by atoms with Crippen LogP contribution in [0.3, 0.4) is 0 Å². The van der Waals surface area contributed by atoms with Crippen LogP contribution < -0.4 is 4.87 Å². The molecule has 0 aromatic carbocycles. The van der Waals surface area contributed by atoms with Crippen molar-refractivity contribution in [2.45, 2.75) is 0 Å². The Bertz CT molecular complexity index is 629. The van der Waals surface area contributed by atoms with Crippen molar-refractivity contribution in [2.24, 2.45) is 0 Å². The minimum Gasteiger partial charge on any atom is -0.255 e. The predicted molar refractivity (Wildman–Crippen MR) is 49.3 cm³/mol. The second-order valence-electron chi connectivity index (χ2n) is 2.60. The van der Waals surface area contributed by atoms with Crippen LogP contribution in [-0.4, -0.2) is 24.3 Å². The van der Waals surface area contributed by atoms with Crippen molar-refractivity contribution in [1.82, 2.24) is 24.3 Å². The third-order valence-electron chi connectivity index (χ3n) is 1.78. The van der Waals surface area contributed by atoms with Gasteiger partial charge in [0.15, 0.2) is 5.82 Å². The van der Waals surface area contributed by atoms with E-state index in [9.17, 15) is 4.79 Å². The van der Waals surface area contributed by atoms with Crippen LogP contribution >= 0.6 is 11.3 Å². The Hall–Kier alpha value is -1.89. The van der Waals surface area contributed by atoms with E-state index >= 15 is 0 Å². The van der Waals surface area contributed by atoms with Gasteiger partial charge in [-0.2, -0.15) is 4.98 Å². The third-order valence-corrected chi connectivity index (χ3v) is 2.55. The predicted octanol–water partition coefficient (Wildman–Crippen LogP) is 0.0458. The molecule has 1 aromatic heterocycles. The number of aromatic nitrogens is 5. The number of hydrogen-bond donors (Lipinski definition) is 0. The first-order valence-corrected chi connectivity index (χ1v) is 4.60.